The number of hydrogen-bond acceptors (Lipinski definition) is 2. The second kappa shape index (κ2) is 6.47. The summed E-state index contributed by atoms with van der Waals surface area (Å²) in [5.74, 6) is -0.132. The number of rotatable bonds is 5. The molecule has 0 aliphatic carbocycles. The first kappa shape index (κ1) is 10.8. The highest BCUT2D eigenvalue weighted by molar-refractivity contribution is 6.20. The predicted octanol–water partition coefficient (Wildman–Crippen LogP) is 2.35. The summed E-state index contributed by atoms with van der Waals surface area (Å²) in [6.07, 6.45) is 2.21. The van der Waals surface area contributed by atoms with Gasteiger partial charge in [-0.3, -0.25) is 4.79 Å². The Morgan fingerprint density at radius 3 is 2.73 bits per heavy atom. The van der Waals surface area contributed by atoms with E-state index in [9.17, 15) is 4.79 Å². The topological polar surface area (TPSA) is 26.3 Å². The Bertz CT molecular complexity index is 113. The van der Waals surface area contributed by atoms with Gasteiger partial charge in [0.2, 0.25) is 0 Å². The van der Waals surface area contributed by atoms with E-state index in [2.05, 4.69) is 0 Å². The van der Waals surface area contributed by atoms with E-state index in [0.717, 1.165) is 12.8 Å². The molecule has 0 saturated carbocycles. The molecule has 0 amide bonds. The molecule has 0 heterocycles. The third-order valence-corrected chi connectivity index (χ3v) is 1.52. The van der Waals surface area contributed by atoms with Crippen LogP contribution in [0.15, 0.2) is 0 Å². The van der Waals surface area contributed by atoms with Gasteiger partial charge in [0, 0.05) is 11.8 Å². The molecule has 0 aromatic heterocycles. The van der Waals surface area contributed by atoms with Crippen LogP contribution in [0.25, 0.3) is 0 Å². The molecule has 66 valence electrons. The number of esters is 1. The van der Waals surface area contributed by atoms with E-state index in [1.165, 1.54) is 0 Å². The fourth-order valence-corrected chi connectivity index (χ4v) is 0.807. The first-order chi connectivity index (χ1) is 5.16. The first-order valence-corrected chi connectivity index (χ1v) is 4.40. The van der Waals surface area contributed by atoms with Crippen LogP contribution in [0.1, 0.15) is 33.1 Å². The average Bonchev–Trinajstić information content (AvgIpc) is 1.97. The molecule has 0 radical (unpaired) electrons. The predicted molar refractivity (Wildman–Crippen MR) is 45.8 cm³/mol. The largest absolute Gasteiger partial charge is 0.466 e. The Labute approximate surface area is 72.9 Å². The van der Waals surface area contributed by atoms with E-state index in [4.69, 9.17) is 16.3 Å². The lowest BCUT2D eigenvalue weighted by Crippen LogP contribution is -2.05. The summed E-state index contributed by atoms with van der Waals surface area (Å²) in [6.45, 7) is 4.22. The maximum Gasteiger partial charge on any atom is 0.305 e. The highest BCUT2D eigenvalue weighted by Crippen LogP contribution is 2.03. The van der Waals surface area contributed by atoms with Gasteiger partial charge in [-0.15, -0.1) is 11.6 Å². The van der Waals surface area contributed by atoms with Crippen molar-refractivity contribution in [1.82, 2.24) is 0 Å². The maximum atomic E-state index is 10.6. The minimum absolute atomic E-state index is 0.132. The minimum Gasteiger partial charge on any atom is -0.466 e. The number of hydrogen-bond donors (Lipinski definition) is 0. The Balaban J connectivity index is 3.08. The summed E-state index contributed by atoms with van der Waals surface area (Å²) in [5, 5.41) is 0.176. The average molecular weight is 179 g/mol. The number of alkyl halides is 1. The van der Waals surface area contributed by atoms with Crippen molar-refractivity contribution in [1.29, 1.82) is 0 Å². The Morgan fingerprint density at radius 1 is 1.64 bits per heavy atom. The first-order valence-electron chi connectivity index (χ1n) is 3.96. The van der Waals surface area contributed by atoms with Gasteiger partial charge in [-0.05, 0) is 19.8 Å². The second-order valence-electron chi connectivity index (χ2n) is 2.50. The molecule has 0 aliphatic heterocycles. The van der Waals surface area contributed by atoms with Crippen molar-refractivity contribution in [3.05, 3.63) is 0 Å². The van der Waals surface area contributed by atoms with Crippen molar-refractivity contribution in [2.75, 3.05) is 6.61 Å². The summed E-state index contributed by atoms with van der Waals surface area (Å²) >= 11 is 5.69. The van der Waals surface area contributed by atoms with Crippen molar-refractivity contribution < 1.29 is 9.53 Å². The van der Waals surface area contributed by atoms with Crippen LogP contribution in [0.5, 0.6) is 0 Å². The molecule has 0 aromatic rings. The van der Waals surface area contributed by atoms with Crippen LogP contribution in [0, 0.1) is 0 Å². The minimum atomic E-state index is -0.132. The molecule has 0 N–H and O–H groups in total. The molecule has 0 rings (SSSR count). The normalized spacial score (nSPS) is 12.6. The molecule has 0 saturated heterocycles. The standard InChI is InChI=1S/C8H15ClO2/c1-3-8(10)11-6-4-5-7(2)9/h7H,3-6H2,1-2H3. The maximum absolute atomic E-state index is 10.6. The zero-order valence-electron chi connectivity index (χ0n) is 7.10. The van der Waals surface area contributed by atoms with Gasteiger partial charge in [0.15, 0.2) is 0 Å². The molecule has 3 heteroatoms. The third kappa shape index (κ3) is 7.66. The van der Waals surface area contributed by atoms with Gasteiger partial charge in [-0.2, -0.15) is 0 Å². The Kier molecular flexibility index (Phi) is 6.33. The number of halogens is 1. The van der Waals surface area contributed by atoms with Crippen LogP contribution in [0.4, 0.5) is 0 Å². The van der Waals surface area contributed by atoms with E-state index in [1.54, 1.807) is 6.92 Å². The van der Waals surface area contributed by atoms with Crippen LogP contribution < -0.4 is 0 Å². The summed E-state index contributed by atoms with van der Waals surface area (Å²) in [6, 6.07) is 0. The highest BCUT2D eigenvalue weighted by Gasteiger charge is 1.99. The molecular weight excluding hydrogens is 164 g/mol. The highest BCUT2D eigenvalue weighted by atomic mass is 35.5. The fraction of sp³-hybridized carbons (Fsp3) is 0.875. The van der Waals surface area contributed by atoms with Crippen molar-refractivity contribution >= 4 is 17.6 Å². The van der Waals surface area contributed by atoms with Crippen molar-refractivity contribution in [3.8, 4) is 0 Å². The number of carbonyl (C=O) groups is 1. The zero-order chi connectivity index (χ0) is 8.69. The van der Waals surface area contributed by atoms with Crippen molar-refractivity contribution in [2.24, 2.45) is 0 Å². The molecule has 2 nitrogen and oxygen atoms in total. The molecule has 0 fully saturated rings. The molecule has 0 aliphatic rings. The van der Waals surface area contributed by atoms with E-state index < -0.39 is 0 Å². The lowest BCUT2D eigenvalue weighted by atomic mass is 10.2. The number of ether oxygens (including phenoxy) is 1. The van der Waals surface area contributed by atoms with Crippen molar-refractivity contribution in [3.63, 3.8) is 0 Å². The lowest BCUT2D eigenvalue weighted by Gasteiger charge is -2.03. The molecule has 1 atom stereocenters. The van der Waals surface area contributed by atoms with Crippen LogP contribution in [0.3, 0.4) is 0 Å². The smallest absolute Gasteiger partial charge is 0.305 e. The van der Waals surface area contributed by atoms with Crippen LogP contribution in [-0.4, -0.2) is 18.0 Å². The molecule has 1 unspecified atom stereocenters. The van der Waals surface area contributed by atoms with Crippen LogP contribution in [-0.2, 0) is 9.53 Å². The monoisotopic (exact) mass is 178 g/mol. The lowest BCUT2D eigenvalue weighted by molar-refractivity contribution is -0.143. The van der Waals surface area contributed by atoms with Gasteiger partial charge >= 0.3 is 5.97 Å². The van der Waals surface area contributed by atoms with Gasteiger partial charge in [0.1, 0.15) is 0 Å². The van der Waals surface area contributed by atoms with Gasteiger partial charge in [-0.1, -0.05) is 6.92 Å². The summed E-state index contributed by atoms with van der Waals surface area (Å²) in [4.78, 5) is 10.6. The van der Waals surface area contributed by atoms with E-state index in [-0.39, 0.29) is 11.3 Å². The zero-order valence-corrected chi connectivity index (χ0v) is 7.86. The quantitative estimate of drug-likeness (QED) is 0.367. The Hall–Kier alpha value is -0.240. The van der Waals surface area contributed by atoms with E-state index in [1.807, 2.05) is 6.92 Å². The van der Waals surface area contributed by atoms with E-state index in [0.29, 0.717) is 13.0 Å². The summed E-state index contributed by atoms with van der Waals surface area (Å²) < 4.78 is 4.84. The Morgan fingerprint density at radius 2 is 2.27 bits per heavy atom. The fourth-order valence-electron chi connectivity index (χ4n) is 0.653. The van der Waals surface area contributed by atoms with Gasteiger partial charge in [-0.25, -0.2) is 0 Å². The summed E-state index contributed by atoms with van der Waals surface area (Å²) in [5.41, 5.74) is 0. The molecular formula is C8H15ClO2. The summed E-state index contributed by atoms with van der Waals surface area (Å²) in [7, 11) is 0. The van der Waals surface area contributed by atoms with Gasteiger partial charge in [0.05, 0.1) is 6.61 Å². The molecule has 11 heavy (non-hydrogen) atoms. The van der Waals surface area contributed by atoms with Gasteiger partial charge < -0.3 is 4.74 Å². The van der Waals surface area contributed by atoms with Gasteiger partial charge in [0.25, 0.3) is 0 Å². The number of carbonyl (C=O) groups excluding carboxylic acids is 1. The molecule has 0 bridgehead atoms. The second-order valence-corrected chi connectivity index (χ2v) is 3.24. The van der Waals surface area contributed by atoms with Crippen LogP contribution in [0.2, 0.25) is 0 Å². The van der Waals surface area contributed by atoms with Crippen LogP contribution >= 0.6 is 11.6 Å². The SMILES string of the molecule is CCC(=O)OCCCC(C)Cl. The van der Waals surface area contributed by atoms with Crippen molar-refractivity contribution in [2.45, 2.75) is 38.5 Å². The molecule has 0 aromatic carbocycles. The molecule has 0 spiro atoms. The van der Waals surface area contributed by atoms with E-state index >= 15 is 0 Å². The third-order valence-electron chi connectivity index (χ3n) is 1.30.